The molecule has 3 rings (SSSR count). The van der Waals surface area contributed by atoms with E-state index in [1.165, 1.54) is 4.31 Å². The summed E-state index contributed by atoms with van der Waals surface area (Å²) < 4.78 is 25.5. The Morgan fingerprint density at radius 1 is 1.23 bits per heavy atom. The van der Waals surface area contributed by atoms with Crippen LogP contribution >= 0.6 is 0 Å². The normalized spacial score (nSPS) is 17.1. The standard InChI is InChI=1S/C19H23N3O3S/c1-14-12-16(22-10-5-11-26(22,24)25)8-9-17(14)19(23)21-13-18(20)15-6-3-2-4-7-15/h2-4,6-9,12,18H,5,10-11,13,20H2,1H3,(H,21,23). The summed E-state index contributed by atoms with van der Waals surface area (Å²) in [6.07, 6.45) is 0.626. The number of carbonyl (C=O) groups is 1. The lowest BCUT2D eigenvalue weighted by atomic mass is 10.1. The zero-order valence-corrected chi connectivity index (χ0v) is 15.5. The van der Waals surface area contributed by atoms with E-state index >= 15 is 0 Å². The summed E-state index contributed by atoms with van der Waals surface area (Å²) in [5.41, 5.74) is 8.93. The molecule has 26 heavy (non-hydrogen) atoms. The van der Waals surface area contributed by atoms with Gasteiger partial charge in [0.1, 0.15) is 0 Å². The van der Waals surface area contributed by atoms with Crippen LogP contribution in [0.25, 0.3) is 0 Å². The number of benzene rings is 2. The van der Waals surface area contributed by atoms with Gasteiger partial charge in [-0.05, 0) is 42.7 Å². The number of nitrogens with zero attached hydrogens (tertiary/aromatic N) is 1. The number of amides is 1. The van der Waals surface area contributed by atoms with Gasteiger partial charge in [-0.2, -0.15) is 0 Å². The van der Waals surface area contributed by atoms with Gasteiger partial charge in [0.25, 0.3) is 5.91 Å². The first-order valence-corrected chi connectivity index (χ1v) is 10.2. The molecule has 0 saturated carbocycles. The van der Waals surface area contributed by atoms with E-state index in [0.29, 0.717) is 30.8 Å². The second-order valence-corrected chi connectivity index (χ2v) is 8.48. The van der Waals surface area contributed by atoms with Gasteiger partial charge in [-0.1, -0.05) is 30.3 Å². The van der Waals surface area contributed by atoms with Crippen molar-refractivity contribution in [2.45, 2.75) is 19.4 Å². The molecule has 1 fully saturated rings. The monoisotopic (exact) mass is 373 g/mol. The van der Waals surface area contributed by atoms with Crippen molar-refractivity contribution in [3.8, 4) is 0 Å². The molecule has 1 unspecified atom stereocenters. The molecule has 1 aliphatic rings. The van der Waals surface area contributed by atoms with E-state index in [9.17, 15) is 13.2 Å². The van der Waals surface area contributed by atoms with E-state index in [1.807, 2.05) is 30.3 Å². The van der Waals surface area contributed by atoms with Crippen molar-refractivity contribution < 1.29 is 13.2 Å². The average Bonchev–Trinajstić information content (AvgIpc) is 2.99. The molecule has 3 N–H and O–H groups in total. The fourth-order valence-corrected chi connectivity index (χ4v) is 4.66. The third-order valence-electron chi connectivity index (χ3n) is 4.55. The Balaban J connectivity index is 1.68. The molecule has 7 heteroatoms. The van der Waals surface area contributed by atoms with E-state index in [4.69, 9.17) is 5.73 Å². The van der Waals surface area contributed by atoms with Crippen LogP contribution in [0.15, 0.2) is 48.5 Å². The van der Waals surface area contributed by atoms with Gasteiger partial charge in [-0.15, -0.1) is 0 Å². The average molecular weight is 373 g/mol. The van der Waals surface area contributed by atoms with E-state index in [1.54, 1.807) is 25.1 Å². The molecule has 0 aliphatic carbocycles. The second kappa shape index (κ2) is 7.47. The first kappa shape index (κ1) is 18.4. The quantitative estimate of drug-likeness (QED) is 0.838. The van der Waals surface area contributed by atoms with Crippen molar-refractivity contribution >= 4 is 21.6 Å². The summed E-state index contributed by atoms with van der Waals surface area (Å²) >= 11 is 0. The Hall–Kier alpha value is -2.38. The molecule has 0 spiro atoms. The zero-order valence-electron chi connectivity index (χ0n) is 14.7. The molecule has 6 nitrogen and oxygen atoms in total. The van der Waals surface area contributed by atoms with Crippen molar-refractivity contribution in [3.63, 3.8) is 0 Å². The fraction of sp³-hybridized carbons (Fsp3) is 0.316. The van der Waals surface area contributed by atoms with Crippen LogP contribution in [0, 0.1) is 6.92 Å². The highest BCUT2D eigenvalue weighted by molar-refractivity contribution is 7.93. The molecular weight excluding hydrogens is 350 g/mol. The molecule has 0 aromatic heterocycles. The second-order valence-electron chi connectivity index (χ2n) is 6.47. The number of anilines is 1. The minimum Gasteiger partial charge on any atom is -0.350 e. The number of nitrogens with two attached hydrogens (primary N) is 1. The lowest BCUT2D eigenvalue weighted by Crippen LogP contribution is -2.32. The van der Waals surface area contributed by atoms with E-state index in [-0.39, 0.29) is 17.7 Å². The number of nitrogens with one attached hydrogen (secondary N) is 1. The summed E-state index contributed by atoms with van der Waals surface area (Å²) in [5.74, 6) is -0.0456. The molecule has 1 aliphatic heterocycles. The van der Waals surface area contributed by atoms with Crippen LogP contribution in [0.2, 0.25) is 0 Å². The summed E-state index contributed by atoms with van der Waals surface area (Å²) in [6.45, 7) is 2.61. The summed E-state index contributed by atoms with van der Waals surface area (Å²) in [4.78, 5) is 12.5. The zero-order chi connectivity index (χ0) is 18.7. The number of carbonyl (C=O) groups excluding carboxylic acids is 1. The van der Waals surface area contributed by atoms with Crippen LogP contribution in [0.1, 0.15) is 33.9 Å². The van der Waals surface area contributed by atoms with Crippen molar-refractivity contribution in [2.75, 3.05) is 23.1 Å². The molecule has 2 aromatic carbocycles. The van der Waals surface area contributed by atoms with Gasteiger partial charge in [0.05, 0.1) is 11.4 Å². The molecule has 138 valence electrons. The van der Waals surface area contributed by atoms with Gasteiger partial charge in [0.2, 0.25) is 10.0 Å². The van der Waals surface area contributed by atoms with Gasteiger partial charge >= 0.3 is 0 Å². The number of aryl methyl sites for hydroxylation is 1. The van der Waals surface area contributed by atoms with Gasteiger partial charge < -0.3 is 11.1 Å². The predicted octanol–water partition coefficient (Wildman–Crippen LogP) is 1.96. The molecule has 0 radical (unpaired) electrons. The maximum Gasteiger partial charge on any atom is 0.251 e. The van der Waals surface area contributed by atoms with Gasteiger partial charge in [0, 0.05) is 24.7 Å². The Labute approximate surface area is 154 Å². The molecular formula is C19H23N3O3S. The first-order valence-electron chi connectivity index (χ1n) is 8.58. The summed E-state index contributed by atoms with van der Waals surface area (Å²) in [5, 5.41) is 2.85. The molecule has 2 aromatic rings. The van der Waals surface area contributed by atoms with Gasteiger partial charge in [0.15, 0.2) is 0 Å². The Bertz CT molecular complexity index is 898. The highest BCUT2D eigenvalue weighted by atomic mass is 32.2. The van der Waals surface area contributed by atoms with Crippen LogP contribution in [0.3, 0.4) is 0 Å². The maximum atomic E-state index is 12.5. The Morgan fingerprint density at radius 2 is 1.96 bits per heavy atom. The third kappa shape index (κ3) is 3.89. The van der Waals surface area contributed by atoms with Crippen LogP contribution in [0.5, 0.6) is 0 Å². The highest BCUT2D eigenvalue weighted by Crippen LogP contribution is 2.26. The molecule has 1 amide bonds. The number of hydrogen-bond donors (Lipinski definition) is 2. The third-order valence-corrected chi connectivity index (χ3v) is 6.42. The van der Waals surface area contributed by atoms with Gasteiger partial charge in [-0.3, -0.25) is 9.10 Å². The summed E-state index contributed by atoms with van der Waals surface area (Å²) in [6, 6.07) is 14.4. The van der Waals surface area contributed by atoms with Crippen molar-refractivity contribution in [1.29, 1.82) is 0 Å². The predicted molar refractivity (Wildman–Crippen MR) is 103 cm³/mol. The smallest absolute Gasteiger partial charge is 0.251 e. The largest absolute Gasteiger partial charge is 0.350 e. The van der Waals surface area contributed by atoms with Crippen LogP contribution in [-0.2, 0) is 10.0 Å². The minimum atomic E-state index is -3.23. The lowest BCUT2D eigenvalue weighted by molar-refractivity contribution is 0.0950. The fourth-order valence-electron chi connectivity index (χ4n) is 3.10. The SMILES string of the molecule is Cc1cc(N2CCCS2(=O)=O)ccc1C(=O)NCC(N)c1ccccc1. The van der Waals surface area contributed by atoms with Crippen LogP contribution < -0.4 is 15.4 Å². The topological polar surface area (TPSA) is 92.5 Å². The van der Waals surface area contributed by atoms with E-state index in [2.05, 4.69) is 5.32 Å². The van der Waals surface area contributed by atoms with Crippen LogP contribution in [0.4, 0.5) is 5.69 Å². The Kier molecular flexibility index (Phi) is 5.29. The van der Waals surface area contributed by atoms with Gasteiger partial charge in [-0.25, -0.2) is 8.42 Å². The molecule has 1 atom stereocenters. The lowest BCUT2D eigenvalue weighted by Gasteiger charge is -2.19. The van der Waals surface area contributed by atoms with Crippen molar-refractivity contribution in [1.82, 2.24) is 5.32 Å². The van der Waals surface area contributed by atoms with Crippen LogP contribution in [-0.4, -0.2) is 33.2 Å². The molecule has 1 heterocycles. The summed E-state index contributed by atoms with van der Waals surface area (Å²) in [7, 11) is -3.23. The number of sulfonamides is 1. The Morgan fingerprint density at radius 3 is 2.58 bits per heavy atom. The molecule has 1 saturated heterocycles. The van der Waals surface area contributed by atoms with Crippen molar-refractivity contribution in [2.24, 2.45) is 5.73 Å². The molecule has 0 bridgehead atoms. The minimum absolute atomic E-state index is 0.172. The van der Waals surface area contributed by atoms with E-state index < -0.39 is 10.0 Å². The highest BCUT2D eigenvalue weighted by Gasteiger charge is 2.28. The first-order chi connectivity index (χ1) is 12.4. The maximum absolute atomic E-state index is 12.5. The van der Waals surface area contributed by atoms with Crippen molar-refractivity contribution in [3.05, 3.63) is 65.2 Å². The van der Waals surface area contributed by atoms with E-state index in [0.717, 1.165) is 11.1 Å². The number of rotatable bonds is 5. The number of hydrogen-bond acceptors (Lipinski definition) is 4.